The van der Waals surface area contributed by atoms with E-state index >= 15 is 0 Å². The predicted molar refractivity (Wildman–Crippen MR) is 79.3 cm³/mol. The van der Waals surface area contributed by atoms with Crippen molar-refractivity contribution in [2.24, 2.45) is 0 Å². The van der Waals surface area contributed by atoms with Gasteiger partial charge in [0.1, 0.15) is 5.15 Å². The normalized spacial score (nSPS) is 10.7. The molecule has 1 N–H and O–H groups in total. The van der Waals surface area contributed by atoms with Crippen LogP contribution in [0.15, 0.2) is 28.7 Å². The van der Waals surface area contributed by atoms with Crippen LogP contribution in [-0.4, -0.2) is 17.1 Å². The predicted octanol–water partition coefficient (Wildman–Crippen LogP) is 3.69. The first-order chi connectivity index (χ1) is 8.60. The molecule has 1 aromatic heterocycles. The molecule has 0 aliphatic heterocycles. The van der Waals surface area contributed by atoms with Gasteiger partial charge in [-0.1, -0.05) is 51.0 Å². The largest absolute Gasteiger partial charge is 0.391 e. The molecule has 0 aliphatic rings. The van der Waals surface area contributed by atoms with Crippen LogP contribution in [0.2, 0.25) is 5.15 Å². The lowest BCUT2D eigenvalue weighted by atomic mass is 10.2. The highest BCUT2D eigenvalue weighted by molar-refractivity contribution is 9.10. The van der Waals surface area contributed by atoms with E-state index < -0.39 is 0 Å². The van der Waals surface area contributed by atoms with Crippen LogP contribution in [0, 0.1) is 0 Å². The van der Waals surface area contributed by atoms with E-state index in [1.165, 1.54) is 16.9 Å². The van der Waals surface area contributed by atoms with Crippen LogP contribution in [0.4, 0.5) is 5.13 Å². The van der Waals surface area contributed by atoms with Crippen molar-refractivity contribution in [3.63, 3.8) is 0 Å². The summed E-state index contributed by atoms with van der Waals surface area (Å²) in [5.41, 5.74) is 1.19. The van der Waals surface area contributed by atoms with Crippen LogP contribution in [-0.2, 0) is 13.2 Å². The van der Waals surface area contributed by atoms with Crippen LogP contribution in [0.3, 0.4) is 0 Å². The minimum absolute atomic E-state index is 0.0668. The molecule has 0 aliphatic carbocycles. The third-order valence-electron chi connectivity index (χ3n) is 2.44. The maximum absolute atomic E-state index is 9.10. The van der Waals surface area contributed by atoms with E-state index in [9.17, 15) is 0 Å². The van der Waals surface area contributed by atoms with Crippen molar-refractivity contribution in [3.05, 3.63) is 44.3 Å². The molecule has 0 atom stereocenters. The second-order valence-corrected chi connectivity index (χ2v) is 6.19. The maximum atomic E-state index is 9.10. The van der Waals surface area contributed by atoms with E-state index in [4.69, 9.17) is 16.7 Å². The SMILES string of the molecule is CN(Cc1ccc(Br)cc1)c1nc(Cl)c(CO)s1. The zero-order valence-electron chi connectivity index (χ0n) is 9.73. The first-order valence-corrected chi connectivity index (χ1v) is 7.30. The molecule has 6 heteroatoms. The van der Waals surface area contributed by atoms with Crippen LogP contribution < -0.4 is 4.90 Å². The molecule has 2 rings (SSSR count). The lowest BCUT2D eigenvalue weighted by Gasteiger charge is -2.15. The molecule has 0 saturated carbocycles. The number of aliphatic hydroxyl groups is 1. The van der Waals surface area contributed by atoms with Crippen LogP contribution >= 0.6 is 38.9 Å². The molecule has 1 heterocycles. The van der Waals surface area contributed by atoms with Crippen LogP contribution in [0.25, 0.3) is 0 Å². The van der Waals surface area contributed by atoms with Crippen molar-refractivity contribution in [2.75, 3.05) is 11.9 Å². The molecular formula is C12H12BrClN2OS. The minimum Gasteiger partial charge on any atom is -0.391 e. The Morgan fingerprint density at radius 1 is 1.39 bits per heavy atom. The molecule has 18 heavy (non-hydrogen) atoms. The minimum atomic E-state index is -0.0668. The number of aliphatic hydroxyl groups excluding tert-OH is 1. The van der Waals surface area contributed by atoms with Gasteiger partial charge < -0.3 is 10.0 Å². The number of rotatable bonds is 4. The Hall–Kier alpha value is -0.620. The summed E-state index contributed by atoms with van der Waals surface area (Å²) in [6.07, 6.45) is 0. The molecular weight excluding hydrogens is 336 g/mol. The quantitative estimate of drug-likeness (QED) is 0.916. The van der Waals surface area contributed by atoms with Crippen molar-refractivity contribution in [1.82, 2.24) is 4.98 Å². The average Bonchev–Trinajstić information content (AvgIpc) is 2.73. The Kier molecular flexibility index (Phi) is 4.61. The number of aromatic nitrogens is 1. The van der Waals surface area contributed by atoms with E-state index in [0.717, 1.165) is 16.1 Å². The Bertz CT molecular complexity index is 529. The first-order valence-electron chi connectivity index (χ1n) is 5.32. The molecule has 0 unspecified atom stereocenters. The Balaban J connectivity index is 2.11. The third-order valence-corrected chi connectivity index (χ3v) is 4.55. The van der Waals surface area contributed by atoms with Gasteiger partial charge in [0, 0.05) is 18.1 Å². The zero-order chi connectivity index (χ0) is 13.1. The van der Waals surface area contributed by atoms with Gasteiger partial charge in [0.2, 0.25) is 0 Å². The number of hydrogen-bond acceptors (Lipinski definition) is 4. The fourth-order valence-electron chi connectivity index (χ4n) is 1.51. The Labute approximate surface area is 123 Å². The van der Waals surface area contributed by atoms with E-state index in [0.29, 0.717) is 10.0 Å². The van der Waals surface area contributed by atoms with Gasteiger partial charge in [-0.2, -0.15) is 0 Å². The van der Waals surface area contributed by atoms with Gasteiger partial charge in [-0.15, -0.1) is 0 Å². The average molecular weight is 348 g/mol. The summed E-state index contributed by atoms with van der Waals surface area (Å²) in [7, 11) is 1.96. The van der Waals surface area contributed by atoms with Crippen LogP contribution in [0.1, 0.15) is 10.4 Å². The van der Waals surface area contributed by atoms with Gasteiger partial charge in [-0.05, 0) is 17.7 Å². The van der Waals surface area contributed by atoms with E-state index in [1.807, 2.05) is 24.1 Å². The first kappa shape index (κ1) is 13.8. The summed E-state index contributed by atoms with van der Waals surface area (Å²) < 4.78 is 1.06. The summed E-state index contributed by atoms with van der Waals surface area (Å²) in [6.45, 7) is 0.685. The molecule has 0 bridgehead atoms. The second kappa shape index (κ2) is 6.02. The molecule has 0 radical (unpaired) electrons. The molecule has 0 spiro atoms. The summed E-state index contributed by atoms with van der Waals surface area (Å²) in [5.74, 6) is 0. The smallest absolute Gasteiger partial charge is 0.187 e. The fraction of sp³-hybridized carbons (Fsp3) is 0.250. The molecule has 0 saturated heterocycles. The zero-order valence-corrected chi connectivity index (χ0v) is 12.9. The highest BCUT2D eigenvalue weighted by Crippen LogP contribution is 2.29. The number of anilines is 1. The molecule has 2 aromatic rings. The standard InChI is InChI=1S/C12H12BrClN2OS/c1-16(6-8-2-4-9(13)5-3-8)12-15-11(14)10(7-17)18-12/h2-5,17H,6-7H2,1H3. The molecule has 1 aromatic carbocycles. The van der Waals surface area contributed by atoms with E-state index in [-0.39, 0.29) is 6.61 Å². The second-order valence-electron chi connectivity index (χ2n) is 3.85. The van der Waals surface area contributed by atoms with Crippen molar-refractivity contribution >= 4 is 44.0 Å². The molecule has 3 nitrogen and oxygen atoms in total. The van der Waals surface area contributed by atoms with Gasteiger partial charge in [-0.3, -0.25) is 0 Å². The van der Waals surface area contributed by atoms with Crippen molar-refractivity contribution in [2.45, 2.75) is 13.2 Å². The highest BCUT2D eigenvalue weighted by atomic mass is 79.9. The Morgan fingerprint density at radius 3 is 2.61 bits per heavy atom. The molecule has 96 valence electrons. The van der Waals surface area contributed by atoms with Gasteiger partial charge >= 0.3 is 0 Å². The molecule has 0 amide bonds. The lowest BCUT2D eigenvalue weighted by molar-refractivity contribution is 0.285. The van der Waals surface area contributed by atoms with E-state index in [2.05, 4.69) is 33.0 Å². The summed E-state index contributed by atoms with van der Waals surface area (Å²) in [4.78, 5) is 6.95. The number of nitrogens with zero attached hydrogens (tertiary/aromatic N) is 2. The van der Waals surface area contributed by atoms with Gasteiger partial charge in [0.25, 0.3) is 0 Å². The van der Waals surface area contributed by atoms with Crippen LogP contribution in [0.5, 0.6) is 0 Å². The topological polar surface area (TPSA) is 36.4 Å². The number of halogens is 2. The number of benzene rings is 1. The summed E-state index contributed by atoms with van der Waals surface area (Å²) in [6, 6.07) is 8.14. The van der Waals surface area contributed by atoms with Crippen molar-refractivity contribution < 1.29 is 5.11 Å². The Morgan fingerprint density at radius 2 is 2.06 bits per heavy atom. The monoisotopic (exact) mass is 346 g/mol. The maximum Gasteiger partial charge on any atom is 0.187 e. The highest BCUT2D eigenvalue weighted by Gasteiger charge is 2.12. The number of thiazole rings is 1. The summed E-state index contributed by atoms with van der Waals surface area (Å²) in [5, 5.41) is 10.3. The van der Waals surface area contributed by atoms with Gasteiger partial charge in [0.15, 0.2) is 5.13 Å². The third kappa shape index (κ3) is 3.23. The van der Waals surface area contributed by atoms with E-state index in [1.54, 1.807) is 0 Å². The van der Waals surface area contributed by atoms with Crippen molar-refractivity contribution in [1.29, 1.82) is 0 Å². The lowest BCUT2D eigenvalue weighted by Crippen LogP contribution is -2.15. The molecule has 0 fully saturated rings. The van der Waals surface area contributed by atoms with Gasteiger partial charge in [0.05, 0.1) is 11.5 Å². The van der Waals surface area contributed by atoms with Crippen molar-refractivity contribution in [3.8, 4) is 0 Å². The fourth-order valence-corrected chi connectivity index (χ4v) is 2.86. The summed E-state index contributed by atoms with van der Waals surface area (Å²) >= 11 is 10.7. The number of hydrogen-bond donors (Lipinski definition) is 1. The van der Waals surface area contributed by atoms with Gasteiger partial charge in [-0.25, -0.2) is 4.98 Å².